The summed E-state index contributed by atoms with van der Waals surface area (Å²) in [5.41, 5.74) is 1.27. The Morgan fingerprint density at radius 1 is 0.909 bits per heavy atom. The molecule has 0 N–H and O–H groups in total. The standard InChI is InChI=1S/C34H36F3N3O4/c1-33(2,3)44-32(43)40-28-15-8-7-13-25(28)19-29(40)31(42)38-21-27(17-16-23-10-5-4-6-11-23)39(30(41)22-38)20-24-12-9-14-26(18-24)34(35,36)37/h4-15,18,27,29H,16-17,19-22H2,1-3H3/t27-,29-/m0/s1. The second-order valence-electron chi connectivity index (χ2n) is 12.3. The van der Waals surface area contributed by atoms with Crippen LogP contribution in [0.2, 0.25) is 0 Å². The summed E-state index contributed by atoms with van der Waals surface area (Å²) in [5.74, 6) is -0.733. The van der Waals surface area contributed by atoms with Crippen molar-refractivity contribution in [2.24, 2.45) is 0 Å². The summed E-state index contributed by atoms with van der Waals surface area (Å²) in [6, 6.07) is 20.6. The molecule has 232 valence electrons. The van der Waals surface area contributed by atoms with Gasteiger partial charge in [-0.2, -0.15) is 13.2 Å². The average molecular weight is 608 g/mol. The first-order chi connectivity index (χ1) is 20.8. The topological polar surface area (TPSA) is 70.2 Å². The monoisotopic (exact) mass is 607 g/mol. The van der Waals surface area contributed by atoms with E-state index in [4.69, 9.17) is 4.74 Å². The molecule has 1 saturated heterocycles. The van der Waals surface area contributed by atoms with Gasteiger partial charge in [0, 0.05) is 19.5 Å². The number of fused-ring (bicyclic) bond motifs is 1. The number of piperazine rings is 1. The SMILES string of the molecule is CC(C)(C)OC(=O)N1c2ccccc2C[C@H]1C(=O)N1CC(=O)N(Cc2cccc(C(F)(F)F)c2)[C@@H](CCc2ccccc2)C1. The zero-order chi connectivity index (χ0) is 31.6. The lowest BCUT2D eigenvalue weighted by molar-refractivity contribution is -0.150. The molecular weight excluding hydrogens is 571 g/mol. The highest BCUT2D eigenvalue weighted by Crippen LogP contribution is 2.35. The summed E-state index contributed by atoms with van der Waals surface area (Å²) in [7, 11) is 0. The van der Waals surface area contributed by atoms with Crippen molar-refractivity contribution in [2.45, 2.75) is 70.4 Å². The Balaban J connectivity index is 1.40. The molecule has 2 atom stereocenters. The molecule has 1 fully saturated rings. The first-order valence-electron chi connectivity index (χ1n) is 14.7. The maximum Gasteiger partial charge on any atom is 0.416 e. The number of nitrogens with zero attached hydrogens (tertiary/aromatic N) is 3. The largest absolute Gasteiger partial charge is 0.443 e. The van der Waals surface area contributed by atoms with Gasteiger partial charge in [0.1, 0.15) is 11.6 Å². The van der Waals surface area contributed by atoms with Crippen LogP contribution in [-0.4, -0.2) is 58.5 Å². The fraction of sp³-hybridized carbons (Fsp3) is 0.382. The molecule has 3 amide bonds. The van der Waals surface area contributed by atoms with Gasteiger partial charge in [-0.3, -0.25) is 14.5 Å². The van der Waals surface area contributed by atoms with Gasteiger partial charge >= 0.3 is 12.3 Å². The van der Waals surface area contributed by atoms with Gasteiger partial charge < -0.3 is 14.5 Å². The lowest BCUT2D eigenvalue weighted by atomic mass is 9.99. The van der Waals surface area contributed by atoms with E-state index in [9.17, 15) is 27.6 Å². The average Bonchev–Trinajstić information content (AvgIpc) is 3.36. The fourth-order valence-electron chi connectivity index (χ4n) is 5.86. The minimum atomic E-state index is -4.50. The lowest BCUT2D eigenvalue weighted by Crippen LogP contribution is -2.61. The Kier molecular flexibility index (Phi) is 8.72. The number of alkyl halides is 3. The van der Waals surface area contributed by atoms with E-state index in [0.717, 1.165) is 23.3 Å². The zero-order valence-corrected chi connectivity index (χ0v) is 25.0. The molecule has 3 aromatic carbocycles. The molecule has 0 saturated carbocycles. The molecule has 3 aromatic rings. The lowest BCUT2D eigenvalue weighted by Gasteiger charge is -2.42. The number of amides is 3. The molecule has 10 heteroatoms. The molecule has 2 aliphatic heterocycles. The summed E-state index contributed by atoms with van der Waals surface area (Å²) >= 11 is 0. The molecule has 0 aliphatic carbocycles. The number of halogens is 3. The Morgan fingerprint density at radius 2 is 1.59 bits per heavy atom. The van der Waals surface area contributed by atoms with Crippen molar-refractivity contribution < 1.29 is 32.3 Å². The van der Waals surface area contributed by atoms with Crippen molar-refractivity contribution in [3.63, 3.8) is 0 Å². The van der Waals surface area contributed by atoms with E-state index >= 15 is 0 Å². The van der Waals surface area contributed by atoms with Crippen molar-refractivity contribution in [1.82, 2.24) is 9.80 Å². The molecule has 0 bridgehead atoms. The summed E-state index contributed by atoms with van der Waals surface area (Å²) in [6.45, 7) is 5.19. The minimum absolute atomic E-state index is 0.0108. The Labute approximate surface area is 255 Å². The van der Waals surface area contributed by atoms with Crippen LogP contribution in [0.25, 0.3) is 0 Å². The molecule has 0 radical (unpaired) electrons. The number of hydrogen-bond acceptors (Lipinski definition) is 4. The van der Waals surface area contributed by atoms with Gasteiger partial charge in [0.05, 0.1) is 23.8 Å². The van der Waals surface area contributed by atoms with Crippen molar-refractivity contribution >= 4 is 23.6 Å². The maximum atomic E-state index is 14.1. The zero-order valence-electron chi connectivity index (χ0n) is 25.0. The number of carbonyl (C=O) groups excluding carboxylic acids is 3. The first-order valence-corrected chi connectivity index (χ1v) is 14.7. The molecule has 44 heavy (non-hydrogen) atoms. The first kappa shape index (κ1) is 31.1. The molecule has 2 aliphatic rings. The number of para-hydroxylation sites is 1. The maximum absolute atomic E-state index is 14.1. The van der Waals surface area contributed by atoms with Gasteiger partial charge in [-0.1, -0.05) is 60.7 Å². The van der Waals surface area contributed by atoms with Gasteiger partial charge in [-0.15, -0.1) is 0 Å². The Morgan fingerprint density at radius 3 is 2.30 bits per heavy atom. The number of rotatable bonds is 6. The molecule has 0 spiro atoms. The van der Waals surface area contributed by atoms with Crippen LogP contribution in [0.3, 0.4) is 0 Å². The molecule has 0 unspecified atom stereocenters. The normalized spacial score (nSPS) is 18.8. The van der Waals surface area contributed by atoms with Crippen LogP contribution in [-0.2, 0) is 39.9 Å². The van der Waals surface area contributed by atoms with Crippen LogP contribution in [0.15, 0.2) is 78.9 Å². The van der Waals surface area contributed by atoms with Crippen LogP contribution < -0.4 is 4.90 Å². The molecule has 5 rings (SSSR count). The van der Waals surface area contributed by atoms with Crippen LogP contribution in [0.1, 0.15) is 49.4 Å². The highest BCUT2D eigenvalue weighted by molar-refractivity contribution is 6.01. The van der Waals surface area contributed by atoms with E-state index < -0.39 is 35.5 Å². The quantitative estimate of drug-likeness (QED) is 0.333. The molecule has 7 nitrogen and oxygen atoms in total. The van der Waals surface area contributed by atoms with Crippen LogP contribution in [0, 0.1) is 0 Å². The Hall–Kier alpha value is -4.34. The minimum Gasteiger partial charge on any atom is -0.443 e. The third kappa shape index (κ3) is 7.06. The molecule has 0 aromatic heterocycles. The van der Waals surface area contributed by atoms with Gasteiger partial charge in [0.25, 0.3) is 0 Å². The van der Waals surface area contributed by atoms with E-state index in [1.54, 1.807) is 43.9 Å². The predicted octanol–water partition coefficient (Wildman–Crippen LogP) is 6.24. The van der Waals surface area contributed by atoms with E-state index in [-0.39, 0.29) is 37.9 Å². The highest BCUT2D eigenvalue weighted by atomic mass is 19.4. The van der Waals surface area contributed by atoms with E-state index in [2.05, 4.69) is 0 Å². The van der Waals surface area contributed by atoms with Gasteiger partial charge in [-0.05, 0) is 68.5 Å². The summed E-state index contributed by atoms with van der Waals surface area (Å²) in [6.07, 6.45) is -3.76. The van der Waals surface area contributed by atoms with Gasteiger partial charge in [0.2, 0.25) is 11.8 Å². The van der Waals surface area contributed by atoms with Crippen molar-refractivity contribution in [3.05, 3.63) is 101 Å². The number of aryl methyl sites for hydroxylation is 1. The second-order valence-corrected chi connectivity index (χ2v) is 12.3. The number of ether oxygens (including phenoxy) is 1. The summed E-state index contributed by atoms with van der Waals surface area (Å²) in [4.78, 5) is 45.6. The van der Waals surface area contributed by atoms with Crippen molar-refractivity contribution in [2.75, 3.05) is 18.0 Å². The van der Waals surface area contributed by atoms with Crippen molar-refractivity contribution in [1.29, 1.82) is 0 Å². The third-order valence-electron chi connectivity index (χ3n) is 7.90. The number of benzene rings is 3. The predicted molar refractivity (Wildman–Crippen MR) is 160 cm³/mol. The number of carbonyl (C=O) groups is 3. The number of anilines is 1. The van der Waals surface area contributed by atoms with Crippen LogP contribution in [0.5, 0.6) is 0 Å². The summed E-state index contributed by atoms with van der Waals surface area (Å²) in [5, 5.41) is 0. The summed E-state index contributed by atoms with van der Waals surface area (Å²) < 4.78 is 45.9. The highest BCUT2D eigenvalue weighted by Gasteiger charge is 2.44. The fourth-order valence-corrected chi connectivity index (χ4v) is 5.86. The Bertz CT molecular complexity index is 1520. The molecular formula is C34H36F3N3O4. The van der Waals surface area contributed by atoms with Gasteiger partial charge in [-0.25, -0.2) is 4.79 Å². The van der Waals surface area contributed by atoms with E-state index in [1.165, 1.54) is 15.9 Å². The van der Waals surface area contributed by atoms with Crippen molar-refractivity contribution in [3.8, 4) is 0 Å². The number of hydrogen-bond donors (Lipinski definition) is 0. The van der Waals surface area contributed by atoms with E-state index in [0.29, 0.717) is 24.1 Å². The third-order valence-corrected chi connectivity index (χ3v) is 7.90. The molecule has 2 heterocycles. The van der Waals surface area contributed by atoms with Crippen LogP contribution >= 0.6 is 0 Å². The second kappa shape index (κ2) is 12.3. The van der Waals surface area contributed by atoms with Gasteiger partial charge in [0.15, 0.2) is 0 Å². The van der Waals surface area contributed by atoms with E-state index in [1.807, 2.05) is 42.5 Å². The smallest absolute Gasteiger partial charge is 0.416 e. The van der Waals surface area contributed by atoms with Crippen LogP contribution in [0.4, 0.5) is 23.7 Å².